The largest absolute Gasteiger partial charge is 0.468 e. The van der Waals surface area contributed by atoms with Crippen LogP contribution in [0.25, 0.3) is 0 Å². The minimum absolute atomic E-state index is 0.181. The number of nitrogens with one attached hydrogen (secondary N) is 1. The van der Waals surface area contributed by atoms with E-state index >= 15 is 0 Å². The molecule has 1 aliphatic heterocycles. The SMILES string of the molecule is O=C(NC[C@H](c1ccco1)N1CCOCC1)c1c(F)cccc1F. The lowest BCUT2D eigenvalue weighted by molar-refractivity contribution is 0.0118. The van der Waals surface area contributed by atoms with Crippen LogP contribution in [0, 0.1) is 11.6 Å². The predicted molar refractivity (Wildman–Crippen MR) is 82.5 cm³/mol. The van der Waals surface area contributed by atoms with Crippen LogP contribution in [-0.4, -0.2) is 43.7 Å². The molecule has 24 heavy (non-hydrogen) atoms. The number of nitrogens with zero attached hydrogens (tertiary/aromatic N) is 1. The molecule has 1 fully saturated rings. The van der Waals surface area contributed by atoms with Crippen molar-refractivity contribution in [3.8, 4) is 0 Å². The monoisotopic (exact) mass is 336 g/mol. The van der Waals surface area contributed by atoms with E-state index < -0.39 is 23.1 Å². The van der Waals surface area contributed by atoms with Crippen LogP contribution in [0.4, 0.5) is 8.78 Å². The molecule has 0 aliphatic carbocycles. The van der Waals surface area contributed by atoms with Crippen molar-refractivity contribution in [3.63, 3.8) is 0 Å². The highest BCUT2D eigenvalue weighted by atomic mass is 19.1. The highest BCUT2D eigenvalue weighted by Gasteiger charge is 2.26. The third-order valence-corrected chi connectivity index (χ3v) is 4.00. The van der Waals surface area contributed by atoms with Gasteiger partial charge in [0.1, 0.15) is 23.0 Å². The van der Waals surface area contributed by atoms with Gasteiger partial charge < -0.3 is 14.5 Å². The van der Waals surface area contributed by atoms with E-state index in [0.717, 1.165) is 12.1 Å². The summed E-state index contributed by atoms with van der Waals surface area (Å²) in [5, 5.41) is 2.60. The summed E-state index contributed by atoms with van der Waals surface area (Å²) in [6, 6.07) is 6.70. The molecule has 3 rings (SSSR count). The fraction of sp³-hybridized carbons (Fsp3) is 0.353. The first-order valence-electron chi connectivity index (χ1n) is 7.74. The summed E-state index contributed by atoms with van der Waals surface area (Å²) in [5.74, 6) is -1.86. The Morgan fingerprint density at radius 2 is 1.88 bits per heavy atom. The van der Waals surface area contributed by atoms with Gasteiger partial charge in [0.15, 0.2) is 0 Å². The topological polar surface area (TPSA) is 54.7 Å². The number of morpholine rings is 1. The van der Waals surface area contributed by atoms with Gasteiger partial charge in [0, 0.05) is 19.6 Å². The molecule has 2 heterocycles. The van der Waals surface area contributed by atoms with Crippen molar-refractivity contribution in [2.24, 2.45) is 0 Å². The molecule has 1 N–H and O–H groups in total. The van der Waals surface area contributed by atoms with Gasteiger partial charge in [-0.25, -0.2) is 8.78 Å². The van der Waals surface area contributed by atoms with Crippen molar-refractivity contribution >= 4 is 5.91 Å². The summed E-state index contributed by atoms with van der Waals surface area (Å²) in [6.45, 7) is 2.74. The summed E-state index contributed by atoms with van der Waals surface area (Å²) in [6.07, 6.45) is 1.56. The molecule has 0 radical (unpaired) electrons. The second-order valence-corrected chi connectivity index (χ2v) is 5.49. The van der Waals surface area contributed by atoms with E-state index in [1.54, 1.807) is 12.3 Å². The average Bonchev–Trinajstić information content (AvgIpc) is 3.10. The number of amides is 1. The Bertz CT molecular complexity index is 665. The number of carbonyl (C=O) groups is 1. The van der Waals surface area contributed by atoms with E-state index in [2.05, 4.69) is 10.2 Å². The predicted octanol–water partition coefficient (Wildman–Crippen LogP) is 2.36. The second-order valence-electron chi connectivity index (χ2n) is 5.49. The molecule has 1 saturated heterocycles. The molecular formula is C17H18F2N2O3. The van der Waals surface area contributed by atoms with Gasteiger partial charge in [-0.1, -0.05) is 6.07 Å². The standard InChI is InChI=1S/C17H18F2N2O3/c18-12-3-1-4-13(19)16(12)17(22)20-11-14(15-5-2-8-24-15)21-6-9-23-10-7-21/h1-5,8,14H,6-7,9-11H2,(H,20,22)/t14-/m1/s1. The Kier molecular flexibility index (Phi) is 5.22. The zero-order valence-electron chi connectivity index (χ0n) is 13.0. The van der Waals surface area contributed by atoms with Gasteiger partial charge in [0.25, 0.3) is 5.91 Å². The Morgan fingerprint density at radius 3 is 2.50 bits per heavy atom. The fourth-order valence-electron chi connectivity index (χ4n) is 2.77. The number of carbonyl (C=O) groups excluding carboxylic acids is 1. The van der Waals surface area contributed by atoms with Crippen molar-refractivity contribution in [1.29, 1.82) is 0 Å². The fourth-order valence-corrected chi connectivity index (χ4v) is 2.77. The van der Waals surface area contributed by atoms with Crippen LogP contribution in [0.15, 0.2) is 41.0 Å². The number of rotatable bonds is 5. The number of hydrogen-bond donors (Lipinski definition) is 1. The van der Waals surface area contributed by atoms with Gasteiger partial charge >= 0.3 is 0 Å². The lowest BCUT2D eigenvalue weighted by Gasteiger charge is -2.33. The Labute approximate surface area is 138 Å². The van der Waals surface area contributed by atoms with Gasteiger partial charge in [-0.3, -0.25) is 9.69 Å². The molecular weight excluding hydrogens is 318 g/mol. The minimum atomic E-state index is -0.881. The number of benzene rings is 1. The first kappa shape index (κ1) is 16.6. The maximum absolute atomic E-state index is 13.7. The summed E-state index contributed by atoms with van der Waals surface area (Å²) >= 11 is 0. The lowest BCUT2D eigenvalue weighted by atomic mass is 10.1. The maximum Gasteiger partial charge on any atom is 0.257 e. The molecule has 0 unspecified atom stereocenters. The number of hydrogen-bond acceptors (Lipinski definition) is 4. The maximum atomic E-state index is 13.7. The average molecular weight is 336 g/mol. The normalized spacial score (nSPS) is 16.8. The van der Waals surface area contributed by atoms with Gasteiger partial charge in [0.2, 0.25) is 0 Å². The van der Waals surface area contributed by atoms with E-state index in [1.165, 1.54) is 6.07 Å². The molecule has 1 atom stereocenters. The van der Waals surface area contributed by atoms with Crippen LogP contribution in [0.2, 0.25) is 0 Å². The third-order valence-electron chi connectivity index (χ3n) is 4.00. The summed E-state index contributed by atoms with van der Waals surface area (Å²) in [4.78, 5) is 14.3. The van der Waals surface area contributed by atoms with E-state index in [4.69, 9.17) is 9.15 Å². The molecule has 0 spiro atoms. The van der Waals surface area contributed by atoms with Crippen LogP contribution in [-0.2, 0) is 4.74 Å². The highest BCUT2D eigenvalue weighted by Crippen LogP contribution is 2.22. The Morgan fingerprint density at radius 1 is 1.17 bits per heavy atom. The van der Waals surface area contributed by atoms with E-state index in [1.807, 2.05) is 6.07 Å². The van der Waals surface area contributed by atoms with E-state index in [-0.39, 0.29) is 12.6 Å². The minimum Gasteiger partial charge on any atom is -0.468 e. The Balaban J connectivity index is 1.72. The molecule has 1 aromatic heterocycles. The number of halogens is 2. The molecule has 2 aromatic rings. The lowest BCUT2D eigenvalue weighted by Crippen LogP contribution is -2.43. The van der Waals surface area contributed by atoms with E-state index in [0.29, 0.717) is 32.1 Å². The smallest absolute Gasteiger partial charge is 0.257 e. The van der Waals surface area contributed by atoms with Gasteiger partial charge in [-0.15, -0.1) is 0 Å². The third kappa shape index (κ3) is 3.63. The molecule has 1 aromatic carbocycles. The van der Waals surface area contributed by atoms with Crippen molar-refractivity contribution < 1.29 is 22.7 Å². The first-order chi connectivity index (χ1) is 11.7. The van der Waals surface area contributed by atoms with E-state index in [9.17, 15) is 13.6 Å². The molecule has 5 nitrogen and oxygen atoms in total. The first-order valence-corrected chi connectivity index (χ1v) is 7.74. The number of ether oxygens (including phenoxy) is 1. The van der Waals surface area contributed by atoms with Gasteiger partial charge in [-0.05, 0) is 24.3 Å². The van der Waals surface area contributed by atoms with Gasteiger partial charge in [0.05, 0.1) is 25.5 Å². The summed E-state index contributed by atoms with van der Waals surface area (Å²) in [5.41, 5.74) is -0.572. The van der Waals surface area contributed by atoms with Crippen LogP contribution < -0.4 is 5.32 Å². The van der Waals surface area contributed by atoms with Crippen molar-refractivity contribution in [2.45, 2.75) is 6.04 Å². The van der Waals surface area contributed by atoms with Crippen LogP contribution in [0.1, 0.15) is 22.2 Å². The zero-order chi connectivity index (χ0) is 16.9. The van der Waals surface area contributed by atoms with Crippen LogP contribution in [0.3, 0.4) is 0 Å². The zero-order valence-corrected chi connectivity index (χ0v) is 13.0. The quantitative estimate of drug-likeness (QED) is 0.911. The summed E-state index contributed by atoms with van der Waals surface area (Å²) in [7, 11) is 0. The van der Waals surface area contributed by atoms with Crippen molar-refractivity contribution in [1.82, 2.24) is 10.2 Å². The van der Waals surface area contributed by atoms with Crippen LogP contribution in [0.5, 0.6) is 0 Å². The molecule has 1 amide bonds. The van der Waals surface area contributed by atoms with Gasteiger partial charge in [-0.2, -0.15) is 0 Å². The highest BCUT2D eigenvalue weighted by molar-refractivity contribution is 5.94. The van der Waals surface area contributed by atoms with Crippen molar-refractivity contribution in [3.05, 3.63) is 59.6 Å². The second kappa shape index (κ2) is 7.55. The molecule has 0 bridgehead atoms. The number of furan rings is 1. The molecule has 1 aliphatic rings. The van der Waals surface area contributed by atoms with Crippen molar-refractivity contribution in [2.75, 3.05) is 32.8 Å². The Hall–Kier alpha value is -2.25. The molecule has 128 valence electrons. The summed E-state index contributed by atoms with van der Waals surface area (Å²) < 4.78 is 38.2. The molecule has 0 saturated carbocycles. The molecule has 7 heteroatoms. The van der Waals surface area contributed by atoms with Crippen LogP contribution >= 0.6 is 0 Å².